The summed E-state index contributed by atoms with van der Waals surface area (Å²) in [6.07, 6.45) is -2.97. The fourth-order valence-electron chi connectivity index (χ4n) is 2.95. The number of likely N-dealkylation sites (N-methyl/N-ethyl adjacent to an activating group) is 1. The van der Waals surface area contributed by atoms with Gasteiger partial charge in [-0.2, -0.15) is 18.3 Å². The van der Waals surface area contributed by atoms with Crippen LogP contribution in [0.2, 0.25) is 0 Å². The number of aryl methyl sites for hydroxylation is 1. The highest BCUT2D eigenvalue weighted by Gasteiger charge is 2.40. The van der Waals surface area contributed by atoms with E-state index in [4.69, 9.17) is 0 Å². The third kappa shape index (κ3) is 3.00. The van der Waals surface area contributed by atoms with Crippen molar-refractivity contribution in [2.45, 2.75) is 38.9 Å². The molecule has 1 amide bonds. The van der Waals surface area contributed by atoms with Gasteiger partial charge in [0.1, 0.15) is 12.4 Å². The number of nitrogens with zero attached hydrogens (tertiary/aromatic N) is 4. The second-order valence-corrected chi connectivity index (χ2v) is 5.87. The van der Waals surface area contributed by atoms with Gasteiger partial charge in [-0.1, -0.05) is 6.07 Å². The van der Waals surface area contributed by atoms with Crippen molar-refractivity contribution in [2.75, 3.05) is 11.9 Å². The van der Waals surface area contributed by atoms with Crippen molar-refractivity contribution in [3.63, 3.8) is 0 Å². The van der Waals surface area contributed by atoms with E-state index >= 15 is 0 Å². The summed E-state index contributed by atoms with van der Waals surface area (Å²) in [4.78, 5) is 18.0. The summed E-state index contributed by atoms with van der Waals surface area (Å²) in [5, 5.41) is 3.66. The predicted molar refractivity (Wildman–Crippen MR) is 81.6 cm³/mol. The number of hydrogen-bond acceptors (Lipinski definition) is 3. The van der Waals surface area contributed by atoms with E-state index in [0.29, 0.717) is 30.8 Å². The molecule has 0 unspecified atom stereocenters. The summed E-state index contributed by atoms with van der Waals surface area (Å²) in [6.45, 7) is 1.57. The molecule has 5 nitrogen and oxygen atoms in total. The molecule has 0 fully saturated rings. The van der Waals surface area contributed by atoms with Crippen LogP contribution in [0, 0.1) is 6.92 Å². The molecule has 0 atom stereocenters. The average molecular weight is 338 g/mol. The van der Waals surface area contributed by atoms with Gasteiger partial charge in [-0.15, -0.1) is 0 Å². The molecule has 128 valence electrons. The lowest BCUT2D eigenvalue weighted by Crippen LogP contribution is -2.31. The van der Waals surface area contributed by atoms with Crippen LogP contribution in [-0.2, 0) is 30.4 Å². The molecule has 1 aliphatic rings. The van der Waals surface area contributed by atoms with Gasteiger partial charge in [0.2, 0.25) is 5.91 Å². The van der Waals surface area contributed by atoms with Crippen molar-refractivity contribution in [1.82, 2.24) is 14.8 Å². The van der Waals surface area contributed by atoms with Crippen molar-refractivity contribution >= 4 is 11.7 Å². The first-order chi connectivity index (χ1) is 11.3. The largest absolute Gasteiger partial charge is 0.435 e. The fraction of sp³-hybridized carbons (Fsp3) is 0.438. The van der Waals surface area contributed by atoms with E-state index in [1.807, 2.05) is 0 Å². The highest BCUT2D eigenvalue weighted by molar-refractivity contribution is 5.91. The zero-order valence-electron chi connectivity index (χ0n) is 13.4. The lowest BCUT2D eigenvalue weighted by molar-refractivity contribution is -0.142. The van der Waals surface area contributed by atoms with Gasteiger partial charge in [0.15, 0.2) is 5.69 Å². The van der Waals surface area contributed by atoms with Crippen molar-refractivity contribution in [3.8, 4) is 0 Å². The van der Waals surface area contributed by atoms with Gasteiger partial charge < -0.3 is 0 Å². The Morgan fingerprint density at radius 1 is 1.33 bits per heavy atom. The number of fused-ring (bicyclic) bond motifs is 1. The molecule has 0 aliphatic heterocycles. The van der Waals surface area contributed by atoms with Crippen LogP contribution in [0.1, 0.15) is 29.1 Å². The van der Waals surface area contributed by atoms with Crippen molar-refractivity contribution < 1.29 is 18.0 Å². The molecule has 2 heterocycles. The number of hydrogen-bond donors (Lipinski definition) is 0. The van der Waals surface area contributed by atoms with E-state index < -0.39 is 11.9 Å². The molecule has 24 heavy (non-hydrogen) atoms. The van der Waals surface area contributed by atoms with Gasteiger partial charge in [0, 0.05) is 24.0 Å². The molecule has 0 spiro atoms. The Hall–Kier alpha value is -2.38. The Labute approximate surface area is 137 Å². The van der Waals surface area contributed by atoms with E-state index in [2.05, 4.69) is 10.1 Å². The molecule has 0 radical (unpaired) electrons. The highest BCUT2D eigenvalue weighted by Crippen LogP contribution is 2.36. The zero-order chi connectivity index (χ0) is 17.5. The Morgan fingerprint density at radius 3 is 2.75 bits per heavy atom. The van der Waals surface area contributed by atoms with Crippen LogP contribution in [0.5, 0.6) is 0 Å². The summed E-state index contributed by atoms with van der Waals surface area (Å²) in [6, 6.07) is 5.26. The number of carbonyl (C=O) groups excluding carboxylic acids is 1. The molecule has 0 bridgehead atoms. The second kappa shape index (κ2) is 5.92. The minimum Gasteiger partial charge on any atom is -0.298 e. The fourth-order valence-corrected chi connectivity index (χ4v) is 2.95. The smallest absolute Gasteiger partial charge is 0.298 e. The zero-order valence-corrected chi connectivity index (χ0v) is 13.4. The van der Waals surface area contributed by atoms with E-state index in [0.717, 1.165) is 5.69 Å². The molecular weight excluding hydrogens is 321 g/mol. The van der Waals surface area contributed by atoms with Gasteiger partial charge in [-0.05, 0) is 38.3 Å². The lowest BCUT2D eigenvalue weighted by Gasteiger charge is -2.17. The average Bonchev–Trinajstić information content (AvgIpc) is 3.09. The number of aromatic nitrogens is 3. The van der Waals surface area contributed by atoms with Crippen molar-refractivity contribution in [2.24, 2.45) is 0 Å². The van der Waals surface area contributed by atoms with Gasteiger partial charge >= 0.3 is 6.18 Å². The Morgan fingerprint density at radius 2 is 2.08 bits per heavy atom. The molecule has 8 heteroatoms. The maximum atomic E-state index is 13.1. The topological polar surface area (TPSA) is 51.0 Å². The first-order valence-corrected chi connectivity index (χ1v) is 7.63. The number of alkyl halides is 3. The van der Waals surface area contributed by atoms with Crippen molar-refractivity contribution in [3.05, 3.63) is 40.8 Å². The van der Waals surface area contributed by atoms with Crippen LogP contribution < -0.4 is 4.90 Å². The number of anilines is 1. The van der Waals surface area contributed by atoms with E-state index in [-0.39, 0.29) is 18.0 Å². The van der Waals surface area contributed by atoms with Crippen LogP contribution >= 0.6 is 0 Å². The van der Waals surface area contributed by atoms with Crippen LogP contribution in [0.15, 0.2) is 18.2 Å². The van der Waals surface area contributed by atoms with Crippen molar-refractivity contribution in [1.29, 1.82) is 0 Å². The molecule has 0 N–H and O–H groups in total. The third-order valence-corrected chi connectivity index (χ3v) is 4.15. The molecule has 2 aromatic heterocycles. The molecular formula is C16H17F3N4O. The summed E-state index contributed by atoms with van der Waals surface area (Å²) >= 11 is 0. The molecule has 0 aromatic carbocycles. The molecule has 3 rings (SSSR count). The summed E-state index contributed by atoms with van der Waals surface area (Å²) in [5.41, 5.74) is 0.638. The minimum atomic E-state index is -4.49. The molecule has 0 saturated carbocycles. The Kier molecular flexibility index (Phi) is 4.06. The number of rotatable bonds is 3. The molecule has 0 saturated heterocycles. The van der Waals surface area contributed by atoms with Crippen LogP contribution in [0.25, 0.3) is 0 Å². The Balaban J connectivity index is 1.85. The van der Waals surface area contributed by atoms with Gasteiger partial charge in [-0.25, -0.2) is 4.98 Å². The number of halogens is 3. The maximum absolute atomic E-state index is 13.1. The Bertz CT molecular complexity index is 782. The first kappa shape index (κ1) is 16.5. The molecule has 2 aromatic rings. The van der Waals surface area contributed by atoms with Gasteiger partial charge in [0.05, 0.1) is 0 Å². The number of pyridine rings is 1. The second-order valence-electron chi connectivity index (χ2n) is 5.87. The maximum Gasteiger partial charge on any atom is 0.435 e. The first-order valence-electron chi connectivity index (χ1n) is 7.63. The number of amides is 1. The van der Waals surface area contributed by atoms with Crippen LogP contribution in [0.4, 0.5) is 19.0 Å². The van der Waals surface area contributed by atoms with Gasteiger partial charge in [-0.3, -0.25) is 14.4 Å². The standard InChI is InChI=1S/C16H17F3N4O/c1-10-5-3-8-13(20-10)22(2)14(24)9-23-12-7-4-6-11(12)15(21-23)16(17,18)19/h3,5,8H,4,6-7,9H2,1-2H3. The number of carbonyl (C=O) groups is 1. The monoisotopic (exact) mass is 338 g/mol. The quantitative estimate of drug-likeness (QED) is 0.865. The van der Waals surface area contributed by atoms with Crippen LogP contribution in [-0.4, -0.2) is 27.7 Å². The minimum absolute atomic E-state index is 0.228. The van der Waals surface area contributed by atoms with E-state index in [1.54, 1.807) is 32.2 Å². The lowest BCUT2D eigenvalue weighted by atomic mass is 10.2. The van der Waals surface area contributed by atoms with E-state index in [9.17, 15) is 18.0 Å². The predicted octanol–water partition coefficient (Wildman–Crippen LogP) is 2.76. The normalized spacial score (nSPS) is 13.9. The SMILES string of the molecule is Cc1cccc(N(C)C(=O)Cn2nc(C(F)(F)F)c3c2CCC3)n1. The summed E-state index contributed by atoms with van der Waals surface area (Å²) in [5.74, 6) is 0.0962. The van der Waals surface area contributed by atoms with Crippen LogP contribution in [0.3, 0.4) is 0 Å². The summed E-state index contributed by atoms with van der Waals surface area (Å²) in [7, 11) is 1.55. The highest BCUT2D eigenvalue weighted by atomic mass is 19.4. The van der Waals surface area contributed by atoms with Gasteiger partial charge in [0.25, 0.3) is 0 Å². The third-order valence-electron chi connectivity index (χ3n) is 4.15. The summed E-state index contributed by atoms with van der Waals surface area (Å²) < 4.78 is 40.4. The molecule has 1 aliphatic carbocycles. The van der Waals surface area contributed by atoms with E-state index in [1.165, 1.54) is 9.58 Å².